The Morgan fingerprint density at radius 3 is 2.58 bits per heavy atom. The fourth-order valence-electron chi connectivity index (χ4n) is 5.39. The Morgan fingerprint density at radius 2 is 1.85 bits per heavy atom. The van der Waals surface area contributed by atoms with E-state index in [4.69, 9.17) is 0 Å². The number of benzene rings is 1. The van der Waals surface area contributed by atoms with E-state index < -0.39 is 5.92 Å². The highest BCUT2D eigenvalue weighted by atomic mass is 16.2. The molecule has 0 bridgehead atoms. The molecule has 5 rings (SSSR count). The number of nitrogens with zero attached hydrogens (tertiary/aromatic N) is 4. The quantitative estimate of drug-likeness (QED) is 0.668. The molecule has 3 fully saturated rings. The number of aromatic nitrogens is 2. The van der Waals surface area contributed by atoms with Crippen LogP contribution in [0.25, 0.3) is 10.9 Å². The summed E-state index contributed by atoms with van der Waals surface area (Å²) in [5.74, 6) is -0.261. The maximum Gasteiger partial charge on any atom is 0.253 e. The van der Waals surface area contributed by atoms with Crippen molar-refractivity contribution in [2.75, 3.05) is 45.8 Å². The molecule has 1 unspecified atom stereocenters. The van der Waals surface area contributed by atoms with E-state index in [1.54, 1.807) is 4.68 Å². The molecule has 0 spiro atoms. The number of likely N-dealkylation sites (tertiary alicyclic amines) is 1. The van der Waals surface area contributed by atoms with Crippen molar-refractivity contribution in [1.82, 2.24) is 30.2 Å². The lowest BCUT2D eigenvalue weighted by molar-refractivity contribution is -0.134. The van der Waals surface area contributed by atoms with Gasteiger partial charge in [-0.15, -0.1) is 0 Å². The first-order chi connectivity index (χ1) is 16.0. The minimum atomic E-state index is -0.442. The number of rotatable bonds is 4. The summed E-state index contributed by atoms with van der Waals surface area (Å²) >= 11 is 0. The average molecular weight is 453 g/mol. The van der Waals surface area contributed by atoms with Crippen LogP contribution in [0.2, 0.25) is 0 Å². The number of fused-ring (bicyclic) bond motifs is 1. The number of hydrogen-bond acceptors (Lipinski definition) is 6. The third kappa shape index (κ3) is 4.52. The molecule has 4 heterocycles. The van der Waals surface area contributed by atoms with Crippen LogP contribution in [-0.2, 0) is 16.6 Å². The number of hydrogen-bond donors (Lipinski definition) is 2. The molecule has 1 atom stereocenters. The maximum absolute atomic E-state index is 13.2. The molecule has 1 aromatic heterocycles. The van der Waals surface area contributed by atoms with Crippen LogP contribution in [0, 0.1) is 5.92 Å². The number of carbonyl (C=O) groups excluding carboxylic acids is 3. The van der Waals surface area contributed by atoms with E-state index in [1.807, 2.05) is 30.1 Å². The predicted molar refractivity (Wildman–Crippen MR) is 124 cm³/mol. The second-order valence-electron chi connectivity index (χ2n) is 9.53. The molecule has 3 amide bonds. The number of piperidine rings is 2. The Balaban J connectivity index is 1.26. The first-order valence-electron chi connectivity index (χ1n) is 12.0. The van der Waals surface area contributed by atoms with Crippen molar-refractivity contribution >= 4 is 28.6 Å². The van der Waals surface area contributed by atoms with E-state index in [9.17, 15) is 14.4 Å². The lowest BCUT2D eigenvalue weighted by Crippen LogP contribution is -2.47. The van der Waals surface area contributed by atoms with Crippen molar-refractivity contribution in [3.05, 3.63) is 29.5 Å². The topological polar surface area (TPSA) is 99.6 Å². The number of aryl methyl sites for hydroxylation is 1. The summed E-state index contributed by atoms with van der Waals surface area (Å²) in [7, 11) is 1.83. The van der Waals surface area contributed by atoms with Crippen molar-refractivity contribution in [3.63, 3.8) is 0 Å². The molecule has 1 aromatic carbocycles. The first-order valence-corrected chi connectivity index (χ1v) is 12.0. The Kier molecular flexibility index (Phi) is 6.16. The van der Waals surface area contributed by atoms with E-state index in [0.29, 0.717) is 30.0 Å². The van der Waals surface area contributed by atoms with Gasteiger partial charge in [-0.25, -0.2) is 0 Å². The van der Waals surface area contributed by atoms with Crippen molar-refractivity contribution in [3.8, 4) is 0 Å². The van der Waals surface area contributed by atoms with Gasteiger partial charge in [0.2, 0.25) is 11.8 Å². The number of imide groups is 1. The van der Waals surface area contributed by atoms with Gasteiger partial charge in [-0.2, -0.15) is 5.10 Å². The van der Waals surface area contributed by atoms with Gasteiger partial charge in [-0.1, -0.05) is 6.07 Å². The number of nitrogens with one attached hydrogen (secondary N) is 2. The zero-order chi connectivity index (χ0) is 22.9. The standard InChI is InChI=1S/C24H32N6O3/c1-28-20-14-17(2-3-18(20)22(27-28)19-4-5-21(31)26-23(19)32)24(33)30-10-6-16(7-11-30)15-29-12-8-25-9-13-29/h2-3,14,16,19,25H,4-13,15H2,1H3,(H,26,31,32). The monoisotopic (exact) mass is 452 g/mol. The SMILES string of the molecule is Cn1nc(C2CCC(=O)NC2=O)c2ccc(C(=O)N3CCC(CN4CCNCC4)CC3)cc21. The van der Waals surface area contributed by atoms with Crippen LogP contribution in [-0.4, -0.2) is 83.1 Å². The largest absolute Gasteiger partial charge is 0.339 e. The Labute approximate surface area is 193 Å². The molecule has 3 saturated heterocycles. The highest BCUT2D eigenvalue weighted by Crippen LogP contribution is 2.31. The highest BCUT2D eigenvalue weighted by molar-refractivity contribution is 6.03. The first kappa shape index (κ1) is 22.0. The summed E-state index contributed by atoms with van der Waals surface area (Å²) in [5, 5.41) is 11.2. The van der Waals surface area contributed by atoms with Gasteiger partial charge in [0.05, 0.1) is 17.1 Å². The summed E-state index contributed by atoms with van der Waals surface area (Å²) in [5.41, 5.74) is 2.15. The van der Waals surface area contributed by atoms with Gasteiger partial charge < -0.3 is 15.1 Å². The maximum atomic E-state index is 13.2. The van der Waals surface area contributed by atoms with Crippen molar-refractivity contribution < 1.29 is 14.4 Å². The van der Waals surface area contributed by atoms with Crippen molar-refractivity contribution in [2.24, 2.45) is 13.0 Å². The van der Waals surface area contributed by atoms with Crippen molar-refractivity contribution in [2.45, 2.75) is 31.6 Å². The van der Waals surface area contributed by atoms with E-state index in [0.717, 1.165) is 69.6 Å². The summed E-state index contributed by atoms with van der Waals surface area (Å²) in [6, 6.07) is 5.62. The second-order valence-corrected chi connectivity index (χ2v) is 9.53. The molecule has 2 N–H and O–H groups in total. The minimum Gasteiger partial charge on any atom is -0.339 e. The lowest BCUT2D eigenvalue weighted by Gasteiger charge is -2.36. The van der Waals surface area contributed by atoms with Crippen LogP contribution < -0.4 is 10.6 Å². The molecule has 176 valence electrons. The summed E-state index contributed by atoms with van der Waals surface area (Å²) in [6.45, 7) is 7.09. The molecule has 9 heteroatoms. The van der Waals surface area contributed by atoms with E-state index in [-0.39, 0.29) is 17.7 Å². The molecule has 33 heavy (non-hydrogen) atoms. The smallest absolute Gasteiger partial charge is 0.253 e. The fourth-order valence-corrected chi connectivity index (χ4v) is 5.39. The van der Waals surface area contributed by atoms with E-state index in [1.165, 1.54) is 0 Å². The molecule has 0 aliphatic carbocycles. The van der Waals surface area contributed by atoms with Crippen LogP contribution in [0.3, 0.4) is 0 Å². The summed E-state index contributed by atoms with van der Waals surface area (Å²) in [6.07, 6.45) is 2.86. The second kappa shape index (κ2) is 9.23. The molecule has 3 aliphatic heterocycles. The zero-order valence-electron chi connectivity index (χ0n) is 19.2. The van der Waals surface area contributed by atoms with Crippen LogP contribution in [0.4, 0.5) is 0 Å². The van der Waals surface area contributed by atoms with Gasteiger partial charge in [0, 0.05) is 70.2 Å². The fraction of sp³-hybridized carbons (Fsp3) is 0.583. The lowest BCUT2D eigenvalue weighted by atomic mass is 9.92. The van der Waals surface area contributed by atoms with Gasteiger partial charge in [0.25, 0.3) is 5.91 Å². The molecule has 9 nitrogen and oxygen atoms in total. The normalized spacial score (nSPS) is 23.2. The Morgan fingerprint density at radius 1 is 1.09 bits per heavy atom. The third-order valence-electron chi connectivity index (χ3n) is 7.32. The average Bonchev–Trinajstić information content (AvgIpc) is 3.15. The number of amides is 3. The van der Waals surface area contributed by atoms with E-state index in [2.05, 4.69) is 20.6 Å². The highest BCUT2D eigenvalue weighted by Gasteiger charge is 2.32. The summed E-state index contributed by atoms with van der Waals surface area (Å²) in [4.78, 5) is 41.6. The van der Waals surface area contributed by atoms with Crippen molar-refractivity contribution in [1.29, 1.82) is 0 Å². The van der Waals surface area contributed by atoms with Gasteiger partial charge >= 0.3 is 0 Å². The number of piperazine rings is 1. The molecule has 0 radical (unpaired) electrons. The van der Waals surface area contributed by atoms with Gasteiger partial charge in [0.15, 0.2) is 0 Å². The predicted octanol–water partition coefficient (Wildman–Crippen LogP) is 0.851. The Hall–Kier alpha value is -2.78. The number of carbonyl (C=O) groups is 3. The molecule has 0 saturated carbocycles. The third-order valence-corrected chi connectivity index (χ3v) is 7.32. The molecular weight excluding hydrogens is 420 g/mol. The molecular formula is C24H32N6O3. The zero-order valence-corrected chi connectivity index (χ0v) is 19.2. The Bertz CT molecular complexity index is 1070. The van der Waals surface area contributed by atoms with E-state index >= 15 is 0 Å². The molecule has 2 aromatic rings. The summed E-state index contributed by atoms with van der Waals surface area (Å²) < 4.78 is 1.73. The van der Waals surface area contributed by atoms with Crippen LogP contribution in [0.15, 0.2) is 18.2 Å². The van der Waals surface area contributed by atoms with Crippen LogP contribution >= 0.6 is 0 Å². The van der Waals surface area contributed by atoms with Gasteiger partial charge in [-0.3, -0.25) is 24.4 Å². The minimum absolute atomic E-state index is 0.0567. The van der Waals surface area contributed by atoms with Crippen LogP contribution in [0.1, 0.15) is 47.7 Å². The van der Waals surface area contributed by atoms with Gasteiger partial charge in [0.1, 0.15) is 0 Å². The molecule has 3 aliphatic rings. The van der Waals surface area contributed by atoms with Crippen LogP contribution in [0.5, 0.6) is 0 Å². The van der Waals surface area contributed by atoms with Gasteiger partial charge in [-0.05, 0) is 37.3 Å².